The molecule has 3 heterocycles. The molecule has 1 fully saturated rings. The molecule has 0 spiro atoms. The van der Waals surface area contributed by atoms with Crippen molar-refractivity contribution in [1.29, 1.82) is 0 Å². The van der Waals surface area contributed by atoms with Crippen LogP contribution in [0, 0.1) is 12.7 Å². The lowest BCUT2D eigenvalue weighted by Gasteiger charge is -2.18. The third-order valence-corrected chi connectivity index (χ3v) is 5.84. The van der Waals surface area contributed by atoms with E-state index in [0.29, 0.717) is 29.8 Å². The average Bonchev–Trinajstić information content (AvgIpc) is 3.27. The predicted octanol–water partition coefficient (Wildman–Crippen LogP) is 4.25. The summed E-state index contributed by atoms with van der Waals surface area (Å²) in [6.45, 7) is 3.20. The molecule has 4 aromatic rings. The van der Waals surface area contributed by atoms with Gasteiger partial charge in [0.25, 0.3) is 0 Å². The SMILES string of the molecule is Cc1cccc(NC(=O)NN2CC[C@H](c3nc(N)nc4ccc(-c5ccc(F)cc5)nc34)C2)c1. The molecule has 9 heteroatoms. The largest absolute Gasteiger partial charge is 0.368 e. The molecule has 0 unspecified atom stereocenters. The summed E-state index contributed by atoms with van der Waals surface area (Å²) >= 11 is 0. The Morgan fingerprint density at radius 2 is 1.91 bits per heavy atom. The smallest absolute Gasteiger partial charge is 0.333 e. The lowest BCUT2D eigenvalue weighted by molar-refractivity contribution is 0.208. The highest BCUT2D eigenvalue weighted by Gasteiger charge is 2.29. The molecule has 172 valence electrons. The second-order valence-corrected chi connectivity index (χ2v) is 8.41. The number of anilines is 2. The Hall–Kier alpha value is -4.11. The molecule has 8 nitrogen and oxygen atoms in total. The van der Waals surface area contributed by atoms with Crippen molar-refractivity contribution in [1.82, 2.24) is 25.4 Å². The Balaban J connectivity index is 1.35. The summed E-state index contributed by atoms with van der Waals surface area (Å²) in [6.07, 6.45) is 0.777. The normalized spacial score (nSPS) is 16.0. The van der Waals surface area contributed by atoms with Crippen LogP contribution in [0.4, 0.5) is 20.8 Å². The van der Waals surface area contributed by atoms with Gasteiger partial charge in [-0.25, -0.2) is 29.1 Å². The standard InChI is InChI=1S/C25H24FN7O/c1-15-3-2-4-19(13-15)28-25(34)32-33-12-11-17(14-33)22-23-21(30-24(27)31-22)10-9-20(29-23)16-5-7-18(26)8-6-16/h2-10,13,17H,11-12,14H2,1H3,(H2,27,30,31)(H2,28,32,34)/t17-/m0/s1. The van der Waals surface area contributed by atoms with Crippen molar-refractivity contribution < 1.29 is 9.18 Å². The van der Waals surface area contributed by atoms with Gasteiger partial charge in [0.2, 0.25) is 5.95 Å². The molecule has 0 radical (unpaired) electrons. The molecule has 5 rings (SSSR count). The van der Waals surface area contributed by atoms with Crippen molar-refractivity contribution in [3.8, 4) is 11.3 Å². The predicted molar refractivity (Wildman–Crippen MR) is 129 cm³/mol. The minimum atomic E-state index is -0.300. The van der Waals surface area contributed by atoms with Gasteiger partial charge in [0, 0.05) is 30.3 Å². The highest BCUT2D eigenvalue weighted by Crippen LogP contribution is 2.31. The molecule has 1 aliphatic rings. The average molecular weight is 458 g/mol. The van der Waals surface area contributed by atoms with Crippen LogP contribution in [0.1, 0.15) is 23.6 Å². The summed E-state index contributed by atoms with van der Waals surface area (Å²) in [5, 5.41) is 4.72. The number of pyridine rings is 1. The van der Waals surface area contributed by atoms with E-state index in [1.54, 1.807) is 12.1 Å². The zero-order chi connectivity index (χ0) is 23.7. The van der Waals surface area contributed by atoms with Crippen LogP contribution in [0.15, 0.2) is 60.7 Å². The van der Waals surface area contributed by atoms with E-state index < -0.39 is 0 Å². The van der Waals surface area contributed by atoms with Gasteiger partial charge in [-0.1, -0.05) is 12.1 Å². The van der Waals surface area contributed by atoms with Crippen molar-refractivity contribution in [3.63, 3.8) is 0 Å². The van der Waals surface area contributed by atoms with Crippen LogP contribution in [0.5, 0.6) is 0 Å². The zero-order valence-electron chi connectivity index (χ0n) is 18.6. The minimum Gasteiger partial charge on any atom is -0.368 e. The first-order valence-electron chi connectivity index (χ1n) is 11.0. The first kappa shape index (κ1) is 21.7. The number of halogens is 1. The first-order valence-corrected chi connectivity index (χ1v) is 11.0. The zero-order valence-corrected chi connectivity index (χ0v) is 18.6. The van der Waals surface area contributed by atoms with E-state index >= 15 is 0 Å². The van der Waals surface area contributed by atoms with Gasteiger partial charge in [0.05, 0.1) is 16.9 Å². The fourth-order valence-electron chi connectivity index (χ4n) is 4.23. The Morgan fingerprint density at radius 3 is 2.71 bits per heavy atom. The number of rotatable bonds is 4. The maximum Gasteiger partial charge on any atom is 0.333 e. The number of benzene rings is 2. The van der Waals surface area contributed by atoms with Crippen LogP contribution >= 0.6 is 0 Å². The number of hydrogen-bond donors (Lipinski definition) is 3. The van der Waals surface area contributed by atoms with E-state index in [4.69, 9.17) is 10.7 Å². The van der Waals surface area contributed by atoms with E-state index in [1.165, 1.54) is 12.1 Å². The van der Waals surface area contributed by atoms with E-state index in [9.17, 15) is 9.18 Å². The highest BCUT2D eigenvalue weighted by molar-refractivity contribution is 5.89. The molecule has 4 N–H and O–H groups in total. The van der Waals surface area contributed by atoms with Gasteiger partial charge in [0.15, 0.2) is 0 Å². The number of nitrogens with zero attached hydrogens (tertiary/aromatic N) is 4. The molecular formula is C25H24FN7O. The molecule has 2 amide bonds. The summed E-state index contributed by atoms with van der Waals surface area (Å²) in [4.78, 5) is 26.1. The van der Waals surface area contributed by atoms with Crippen LogP contribution in [0.2, 0.25) is 0 Å². The third-order valence-electron chi connectivity index (χ3n) is 5.84. The second kappa shape index (κ2) is 9.03. The molecular weight excluding hydrogens is 433 g/mol. The lowest BCUT2D eigenvalue weighted by Crippen LogP contribution is -2.42. The Morgan fingerprint density at radius 1 is 1.09 bits per heavy atom. The summed E-state index contributed by atoms with van der Waals surface area (Å²) in [5.41, 5.74) is 14.3. The summed E-state index contributed by atoms with van der Waals surface area (Å²) in [7, 11) is 0. The fourth-order valence-corrected chi connectivity index (χ4v) is 4.23. The lowest BCUT2D eigenvalue weighted by atomic mass is 10.0. The Labute approximate surface area is 196 Å². The van der Waals surface area contributed by atoms with Crippen LogP contribution in [0.3, 0.4) is 0 Å². The molecule has 1 aliphatic heterocycles. The van der Waals surface area contributed by atoms with Crippen LogP contribution < -0.4 is 16.5 Å². The third kappa shape index (κ3) is 4.65. The van der Waals surface area contributed by atoms with Crippen LogP contribution in [-0.2, 0) is 0 Å². The number of aromatic nitrogens is 3. The number of urea groups is 1. The Kier molecular flexibility index (Phi) is 5.77. The van der Waals surface area contributed by atoms with Gasteiger partial charge in [-0.05, 0) is 67.4 Å². The Bertz CT molecular complexity index is 1360. The second-order valence-electron chi connectivity index (χ2n) is 8.41. The topological polar surface area (TPSA) is 109 Å². The van der Waals surface area contributed by atoms with Gasteiger partial charge >= 0.3 is 6.03 Å². The van der Waals surface area contributed by atoms with Gasteiger partial charge in [0.1, 0.15) is 11.3 Å². The molecule has 34 heavy (non-hydrogen) atoms. The molecule has 0 aliphatic carbocycles. The number of nitrogens with one attached hydrogen (secondary N) is 2. The van der Waals surface area contributed by atoms with E-state index in [2.05, 4.69) is 20.7 Å². The maximum absolute atomic E-state index is 13.3. The van der Waals surface area contributed by atoms with E-state index in [0.717, 1.165) is 28.9 Å². The number of fused-ring (bicyclic) bond motifs is 1. The number of nitrogens with two attached hydrogens (primary N) is 1. The number of hydrazine groups is 1. The van der Waals surface area contributed by atoms with E-state index in [-0.39, 0.29) is 23.7 Å². The molecule has 1 atom stereocenters. The van der Waals surface area contributed by atoms with E-state index in [1.807, 2.05) is 48.3 Å². The number of carbonyl (C=O) groups is 1. The maximum atomic E-state index is 13.3. The number of carbonyl (C=O) groups excluding carboxylic acids is 1. The number of aryl methyl sites for hydroxylation is 1. The quantitative estimate of drug-likeness (QED) is 0.423. The van der Waals surface area contributed by atoms with Crippen LogP contribution in [0.25, 0.3) is 22.3 Å². The number of hydrogen-bond acceptors (Lipinski definition) is 6. The van der Waals surface area contributed by atoms with Gasteiger partial charge in [-0.3, -0.25) is 5.43 Å². The molecule has 2 aromatic heterocycles. The summed E-state index contributed by atoms with van der Waals surface area (Å²) < 4.78 is 13.3. The van der Waals surface area contributed by atoms with Crippen molar-refractivity contribution in [3.05, 3.63) is 77.7 Å². The first-order chi connectivity index (χ1) is 16.4. The molecule has 2 aromatic carbocycles. The van der Waals surface area contributed by atoms with Crippen LogP contribution in [-0.4, -0.2) is 39.1 Å². The molecule has 1 saturated heterocycles. The fraction of sp³-hybridized carbons (Fsp3) is 0.200. The number of nitrogen functional groups attached to an aromatic ring is 1. The molecule has 0 saturated carbocycles. The summed E-state index contributed by atoms with van der Waals surface area (Å²) in [5.74, 6) is -0.100. The van der Waals surface area contributed by atoms with Crippen molar-refractivity contribution >= 4 is 28.7 Å². The summed E-state index contributed by atoms with van der Waals surface area (Å²) in [6, 6.07) is 17.2. The van der Waals surface area contributed by atoms with Gasteiger partial charge < -0.3 is 11.1 Å². The van der Waals surface area contributed by atoms with Crippen molar-refractivity contribution in [2.75, 3.05) is 24.1 Å². The monoisotopic (exact) mass is 457 g/mol. The van der Waals surface area contributed by atoms with Gasteiger partial charge in [-0.2, -0.15) is 0 Å². The van der Waals surface area contributed by atoms with Gasteiger partial charge in [-0.15, -0.1) is 0 Å². The molecule has 0 bridgehead atoms. The minimum absolute atomic E-state index is 0.0167. The number of amides is 2. The van der Waals surface area contributed by atoms with Crippen molar-refractivity contribution in [2.24, 2.45) is 0 Å². The van der Waals surface area contributed by atoms with Crippen molar-refractivity contribution in [2.45, 2.75) is 19.3 Å². The highest BCUT2D eigenvalue weighted by atomic mass is 19.1.